The number of rotatable bonds is 9. The highest BCUT2D eigenvalue weighted by atomic mass is 32.2. The molecule has 0 heterocycles. The largest absolute Gasteiger partial charge is 0.317 e. The summed E-state index contributed by atoms with van der Waals surface area (Å²) in [5, 5.41) is 3.27. The Morgan fingerprint density at radius 2 is 1.72 bits per heavy atom. The second-order valence-corrected chi connectivity index (χ2v) is 7.85. The number of hydrogen-bond donors (Lipinski definition) is 2. The van der Waals surface area contributed by atoms with Crippen molar-refractivity contribution in [2.45, 2.75) is 59.9 Å². The van der Waals surface area contributed by atoms with E-state index in [4.69, 9.17) is 0 Å². The van der Waals surface area contributed by atoms with Crippen LogP contribution in [-0.4, -0.2) is 33.3 Å². The van der Waals surface area contributed by atoms with Gasteiger partial charge in [-0.1, -0.05) is 27.7 Å². The highest BCUT2D eigenvalue weighted by Gasteiger charge is 2.24. The molecular weight excluding hydrogens is 248 g/mol. The van der Waals surface area contributed by atoms with Gasteiger partial charge in [0, 0.05) is 6.04 Å². The van der Waals surface area contributed by atoms with Crippen molar-refractivity contribution in [1.82, 2.24) is 10.0 Å². The zero-order valence-corrected chi connectivity index (χ0v) is 13.4. The standard InChI is InChI=1S/C13H30N2O2S/c1-6-9-14-10-7-8-11-18(16,17)15-12(2)13(3,4)5/h12,14-15H,6-11H2,1-5H3. The van der Waals surface area contributed by atoms with Crippen LogP contribution in [0, 0.1) is 5.41 Å². The molecule has 0 aromatic heterocycles. The fourth-order valence-electron chi connectivity index (χ4n) is 1.35. The zero-order chi connectivity index (χ0) is 14.2. The topological polar surface area (TPSA) is 58.2 Å². The van der Waals surface area contributed by atoms with Crippen molar-refractivity contribution < 1.29 is 8.42 Å². The van der Waals surface area contributed by atoms with Gasteiger partial charge in [0.1, 0.15) is 0 Å². The molecule has 5 heteroatoms. The first kappa shape index (κ1) is 17.9. The van der Waals surface area contributed by atoms with Crippen molar-refractivity contribution in [2.75, 3.05) is 18.8 Å². The van der Waals surface area contributed by atoms with Gasteiger partial charge in [0.2, 0.25) is 10.0 Å². The van der Waals surface area contributed by atoms with Gasteiger partial charge < -0.3 is 5.32 Å². The van der Waals surface area contributed by atoms with Crippen molar-refractivity contribution >= 4 is 10.0 Å². The number of nitrogens with one attached hydrogen (secondary N) is 2. The van der Waals surface area contributed by atoms with Gasteiger partial charge in [-0.05, 0) is 44.7 Å². The van der Waals surface area contributed by atoms with E-state index in [2.05, 4.69) is 17.0 Å². The van der Waals surface area contributed by atoms with Crippen molar-refractivity contribution in [3.8, 4) is 0 Å². The van der Waals surface area contributed by atoms with Gasteiger partial charge in [-0.25, -0.2) is 13.1 Å². The summed E-state index contributed by atoms with van der Waals surface area (Å²) in [6.45, 7) is 12.1. The van der Waals surface area contributed by atoms with Crippen molar-refractivity contribution in [1.29, 1.82) is 0 Å². The van der Waals surface area contributed by atoms with Gasteiger partial charge in [-0.15, -0.1) is 0 Å². The van der Waals surface area contributed by atoms with Gasteiger partial charge in [-0.3, -0.25) is 0 Å². The molecule has 0 radical (unpaired) electrons. The Kier molecular flexibility index (Phi) is 8.06. The van der Waals surface area contributed by atoms with E-state index in [9.17, 15) is 8.42 Å². The van der Waals surface area contributed by atoms with Crippen molar-refractivity contribution in [3.63, 3.8) is 0 Å². The van der Waals surface area contributed by atoms with Crippen LogP contribution in [0.2, 0.25) is 0 Å². The Balaban J connectivity index is 3.88. The SMILES string of the molecule is CCCNCCCCS(=O)(=O)NC(C)C(C)(C)C. The molecule has 0 fully saturated rings. The van der Waals surface area contributed by atoms with Crippen LogP contribution in [0.4, 0.5) is 0 Å². The molecule has 1 unspecified atom stereocenters. The molecule has 0 aliphatic carbocycles. The Morgan fingerprint density at radius 1 is 1.11 bits per heavy atom. The summed E-state index contributed by atoms with van der Waals surface area (Å²) >= 11 is 0. The molecule has 110 valence electrons. The molecule has 0 rings (SSSR count). The monoisotopic (exact) mass is 278 g/mol. The van der Waals surface area contributed by atoms with E-state index in [1.165, 1.54) is 0 Å². The highest BCUT2D eigenvalue weighted by Crippen LogP contribution is 2.19. The molecule has 0 saturated heterocycles. The fraction of sp³-hybridized carbons (Fsp3) is 1.00. The van der Waals surface area contributed by atoms with Gasteiger partial charge in [0.15, 0.2) is 0 Å². The molecule has 0 saturated carbocycles. The lowest BCUT2D eigenvalue weighted by molar-refractivity contribution is 0.317. The molecule has 0 aromatic carbocycles. The summed E-state index contributed by atoms with van der Waals surface area (Å²) in [6, 6.07) is -0.0410. The number of sulfonamides is 1. The molecule has 0 aromatic rings. The molecule has 0 bridgehead atoms. The minimum Gasteiger partial charge on any atom is -0.317 e. The van der Waals surface area contributed by atoms with E-state index in [0.29, 0.717) is 6.42 Å². The molecule has 0 aliphatic heterocycles. The zero-order valence-electron chi connectivity index (χ0n) is 12.5. The summed E-state index contributed by atoms with van der Waals surface area (Å²) in [5.41, 5.74) is -0.0459. The normalized spacial score (nSPS) is 14.7. The van der Waals surface area contributed by atoms with Crippen molar-refractivity contribution in [3.05, 3.63) is 0 Å². The fourth-order valence-corrected chi connectivity index (χ4v) is 2.94. The summed E-state index contributed by atoms with van der Waals surface area (Å²) in [4.78, 5) is 0. The first-order valence-corrected chi connectivity index (χ1v) is 8.55. The second kappa shape index (κ2) is 8.12. The number of hydrogen-bond acceptors (Lipinski definition) is 3. The van der Waals surface area contributed by atoms with Gasteiger partial charge in [-0.2, -0.15) is 0 Å². The average Bonchev–Trinajstić information content (AvgIpc) is 2.21. The number of unbranched alkanes of at least 4 members (excludes halogenated alkanes) is 1. The molecular formula is C13H30N2O2S. The summed E-state index contributed by atoms with van der Waals surface area (Å²) in [5.74, 6) is 0.223. The molecule has 2 N–H and O–H groups in total. The van der Waals surface area contributed by atoms with Crippen LogP contribution in [0.5, 0.6) is 0 Å². The predicted octanol–water partition coefficient (Wildman–Crippen LogP) is 2.12. The summed E-state index contributed by atoms with van der Waals surface area (Å²) in [6.07, 6.45) is 2.73. The lowest BCUT2D eigenvalue weighted by atomic mass is 9.89. The van der Waals surface area contributed by atoms with Gasteiger partial charge in [0.05, 0.1) is 5.75 Å². The average molecular weight is 278 g/mol. The first-order valence-electron chi connectivity index (χ1n) is 6.90. The third kappa shape index (κ3) is 8.89. The minimum absolute atomic E-state index is 0.0410. The third-order valence-corrected chi connectivity index (χ3v) is 4.64. The summed E-state index contributed by atoms with van der Waals surface area (Å²) in [7, 11) is -3.13. The van der Waals surface area contributed by atoms with Crippen LogP contribution in [-0.2, 0) is 10.0 Å². The van der Waals surface area contributed by atoms with Crippen LogP contribution < -0.4 is 10.0 Å². The van der Waals surface area contributed by atoms with E-state index >= 15 is 0 Å². The van der Waals surface area contributed by atoms with E-state index in [1.807, 2.05) is 27.7 Å². The second-order valence-electron chi connectivity index (χ2n) is 5.98. The molecule has 1 atom stereocenters. The van der Waals surface area contributed by atoms with E-state index in [1.54, 1.807) is 0 Å². The lowest BCUT2D eigenvalue weighted by Gasteiger charge is -2.27. The van der Waals surface area contributed by atoms with Crippen molar-refractivity contribution in [2.24, 2.45) is 5.41 Å². The van der Waals surface area contributed by atoms with Crippen LogP contribution in [0.15, 0.2) is 0 Å². The lowest BCUT2D eigenvalue weighted by Crippen LogP contribution is -2.42. The van der Waals surface area contributed by atoms with Crippen LogP contribution in [0.3, 0.4) is 0 Å². The van der Waals surface area contributed by atoms with E-state index in [0.717, 1.165) is 25.9 Å². The summed E-state index contributed by atoms with van der Waals surface area (Å²) < 4.78 is 26.4. The van der Waals surface area contributed by atoms with Crippen LogP contribution in [0.1, 0.15) is 53.9 Å². The Hall–Kier alpha value is -0.130. The maximum absolute atomic E-state index is 11.8. The minimum atomic E-state index is -3.13. The first-order chi connectivity index (χ1) is 8.19. The highest BCUT2D eigenvalue weighted by molar-refractivity contribution is 7.89. The predicted molar refractivity (Wildman–Crippen MR) is 78.2 cm³/mol. The molecule has 0 aliphatic rings. The van der Waals surface area contributed by atoms with E-state index < -0.39 is 10.0 Å². The molecule has 18 heavy (non-hydrogen) atoms. The Bertz CT molecular complexity index is 307. The molecule has 0 spiro atoms. The molecule has 4 nitrogen and oxygen atoms in total. The maximum atomic E-state index is 11.8. The van der Waals surface area contributed by atoms with Crippen LogP contribution in [0.25, 0.3) is 0 Å². The Labute approximate surface area is 113 Å². The smallest absolute Gasteiger partial charge is 0.211 e. The Morgan fingerprint density at radius 3 is 2.22 bits per heavy atom. The quantitative estimate of drug-likeness (QED) is 0.635. The molecule has 0 amide bonds. The van der Waals surface area contributed by atoms with Gasteiger partial charge >= 0.3 is 0 Å². The van der Waals surface area contributed by atoms with E-state index in [-0.39, 0.29) is 17.2 Å². The van der Waals surface area contributed by atoms with Gasteiger partial charge in [0.25, 0.3) is 0 Å². The maximum Gasteiger partial charge on any atom is 0.211 e. The van der Waals surface area contributed by atoms with Crippen LogP contribution >= 0.6 is 0 Å². The third-order valence-electron chi connectivity index (χ3n) is 3.10.